The average molecular weight is 204 g/mol. The molecule has 5 heteroatoms. The Labute approximate surface area is 79.1 Å². The Morgan fingerprint density at radius 3 is 2.08 bits per heavy atom. The highest BCUT2D eigenvalue weighted by Gasteiger charge is 2.44. The summed E-state index contributed by atoms with van der Waals surface area (Å²) in [5.41, 5.74) is 5.84. The van der Waals surface area contributed by atoms with E-state index in [9.17, 15) is 8.42 Å². The summed E-state index contributed by atoms with van der Waals surface area (Å²) in [5.74, 6) is 0. The zero-order chi connectivity index (χ0) is 9.64. The number of rotatable bonds is 1. The van der Waals surface area contributed by atoms with Crippen LogP contribution in [0.3, 0.4) is 0 Å². The Hall–Kier alpha value is -0.130. The first-order valence-electron chi connectivity index (χ1n) is 4.72. The molecule has 0 aliphatic carbocycles. The zero-order valence-corrected chi connectivity index (χ0v) is 8.63. The molecule has 4 nitrogen and oxygen atoms in total. The van der Waals surface area contributed by atoms with Gasteiger partial charge in [-0.05, 0) is 25.7 Å². The monoisotopic (exact) mass is 204 g/mol. The molecule has 0 saturated carbocycles. The highest BCUT2D eigenvalue weighted by Crippen LogP contribution is 2.36. The van der Waals surface area contributed by atoms with E-state index in [-0.39, 0.29) is 18.1 Å². The number of fused-ring (bicyclic) bond motifs is 2. The molecule has 0 amide bonds. The van der Waals surface area contributed by atoms with Crippen molar-refractivity contribution in [3.63, 3.8) is 0 Å². The van der Waals surface area contributed by atoms with Gasteiger partial charge in [0, 0.05) is 18.1 Å². The minimum atomic E-state index is -3.01. The fourth-order valence-electron chi connectivity index (χ4n) is 2.72. The summed E-state index contributed by atoms with van der Waals surface area (Å²) in [6.07, 6.45) is 4.96. The first-order valence-corrected chi connectivity index (χ1v) is 6.57. The van der Waals surface area contributed by atoms with Gasteiger partial charge in [-0.25, -0.2) is 8.42 Å². The van der Waals surface area contributed by atoms with Crippen LogP contribution in [0.2, 0.25) is 0 Å². The fourth-order valence-corrected chi connectivity index (χ4v) is 4.18. The summed E-state index contributed by atoms with van der Waals surface area (Å²) in [7, 11) is -3.01. The van der Waals surface area contributed by atoms with E-state index >= 15 is 0 Å². The lowest BCUT2D eigenvalue weighted by molar-refractivity contribution is 0.228. The first kappa shape index (κ1) is 9.43. The number of hydrogen-bond acceptors (Lipinski definition) is 3. The van der Waals surface area contributed by atoms with Gasteiger partial charge in [0.15, 0.2) is 0 Å². The molecule has 2 heterocycles. The lowest BCUT2D eigenvalue weighted by Gasteiger charge is -2.35. The van der Waals surface area contributed by atoms with Gasteiger partial charge in [-0.2, -0.15) is 4.31 Å². The second-order valence-corrected chi connectivity index (χ2v) is 6.10. The second-order valence-electron chi connectivity index (χ2n) is 4.21. The van der Waals surface area contributed by atoms with Gasteiger partial charge in [0.25, 0.3) is 0 Å². The summed E-state index contributed by atoms with van der Waals surface area (Å²) in [6.45, 7) is 0. The lowest BCUT2D eigenvalue weighted by Crippen LogP contribution is -2.49. The molecule has 0 radical (unpaired) electrons. The Morgan fingerprint density at radius 1 is 1.23 bits per heavy atom. The summed E-state index contributed by atoms with van der Waals surface area (Å²) in [6, 6.07) is 0.572. The zero-order valence-electron chi connectivity index (χ0n) is 7.81. The van der Waals surface area contributed by atoms with Crippen molar-refractivity contribution in [1.29, 1.82) is 0 Å². The van der Waals surface area contributed by atoms with Crippen molar-refractivity contribution < 1.29 is 8.42 Å². The van der Waals surface area contributed by atoms with Gasteiger partial charge < -0.3 is 5.73 Å². The predicted octanol–water partition coefficient (Wildman–Crippen LogP) is -0.0999. The molecule has 2 bridgehead atoms. The van der Waals surface area contributed by atoms with Crippen molar-refractivity contribution in [2.45, 2.75) is 43.8 Å². The van der Waals surface area contributed by atoms with E-state index in [0.29, 0.717) is 0 Å². The molecule has 2 rings (SSSR count). The summed E-state index contributed by atoms with van der Waals surface area (Å²) < 4.78 is 24.6. The molecule has 0 aromatic rings. The topological polar surface area (TPSA) is 63.4 Å². The minimum absolute atomic E-state index is 0.184. The molecule has 0 spiro atoms. The lowest BCUT2D eigenvalue weighted by atomic mass is 10.0. The molecule has 2 saturated heterocycles. The van der Waals surface area contributed by atoms with E-state index in [1.807, 2.05) is 0 Å². The van der Waals surface area contributed by atoms with E-state index in [0.717, 1.165) is 25.7 Å². The Bertz CT molecular complexity index is 287. The van der Waals surface area contributed by atoms with Gasteiger partial charge in [0.2, 0.25) is 10.0 Å². The summed E-state index contributed by atoms with van der Waals surface area (Å²) in [5, 5.41) is 0. The van der Waals surface area contributed by atoms with Gasteiger partial charge in [-0.3, -0.25) is 0 Å². The summed E-state index contributed by atoms with van der Waals surface area (Å²) >= 11 is 0. The second kappa shape index (κ2) is 2.93. The van der Waals surface area contributed by atoms with Crippen molar-refractivity contribution in [3.8, 4) is 0 Å². The van der Waals surface area contributed by atoms with Crippen molar-refractivity contribution in [2.24, 2.45) is 5.73 Å². The number of nitrogens with zero attached hydrogens (tertiary/aromatic N) is 1. The largest absolute Gasteiger partial charge is 0.328 e. The third-order valence-electron chi connectivity index (χ3n) is 3.09. The molecule has 2 N–H and O–H groups in total. The molecule has 2 atom stereocenters. The Kier molecular flexibility index (Phi) is 2.13. The molecular formula is C8H16N2O2S. The van der Waals surface area contributed by atoms with Crippen molar-refractivity contribution in [3.05, 3.63) is 0 Å². The van der Waals surface area contributed by atoms with Crippen LogP contribution in [0.15, 0.2) is 0 Å². The van der Waals surface area contributed by atoms with Crippen LogP contribution in [0.4, 0.5) is 0 Å². The van der Waals surface area contributed by atoms with E-state index in [4.69, 9.17) is 5.73 Å². The molecule has 2 aliphatic heterocycles. The van der Waals surface area contributed by atoms with Crippen molar-refractivity contribution in [2.75, 3.05) is 6.26 Å². The van der Waals surface area contributed by atoms with Crippen LogP contribution in [-0.4, -0.2) is 37.1 Å². The number of sulfonamides is 1. The van der Waals surface area contributed by atoms with Gasteiger partial charge in [-0.15, -0.1) is 0 Å². The average Bonchev–Trinajstić information content (AvgIpc) is 2.23. The number of piperidine rings is 1. The van der Waals surface area contributed by atoms with Crippen LogP contribution in [0.1, 0.15) is 25.7 Å². The van der Waals surface area contributed by atoms with E-state index in [2.05, 4.69) is 0 Å². The van der Waals surface area contributed by atoms with E-state index in [1.165, 1.54) is 6.26 Å². The summed E-state index contributed by atoms with van der Waals surface area (Å²) in [4.78, 5) is 0. The fraction of sp³-hybridized carbons (Fsp3) is 1.00. The maximum absolute atomic E-state index is 11.4. The number of hydrogen-bond donors (Lipinski definition) is 1. The number of nitrogens with two attached hydrogens (primary N) is 1. The molecule has 2 aliphatic rings. The van der Waals surface area contributed by atoms with Crippen molar-refractivity contribution in [1.82, 2.24) is 4.31 Å². The van der Waals surface area contributed by atoms with Crippen LogP contribution in [-0.2, 0) is 10.0 Å². The molecule has 0 aromatic carbocycles. The molecule has 2 fully saturated rings. The van der Waals surface area contributed by atoms with Gasteiger partial charge in [0.1, 0.15) is 0 Å². The van der Waals surface area contributed by atoms with Crippen LogP contribution < -0.4 is 5.73 Å². The molecule has 76 valence electrons. The van der Waals surface area contributed by atoms with Gasteiger partial charge in [-0.1, -0.05) is 0 Å². The molecule has 0 aromatic heterocycles. The predicted molar refractivity (Wildman–Crippen MR) is 50.7 cm³/mol. The minimum Gasteiger partial charge on any atom is -0.328 e. The normalized spacial score (nSPS) is 40.9. The van der Waals surface area contributed by atoms with Gasteiger partial charge in [0.05, 0.1) is 6.26 Å². The smallest absolute Gasteiger partial charge is 0.211 e. The molecule has 0 unspecified atom stereocenters. The SMILES string of the molecule is CS(=O)(=O)N1[C@H]2CC[C@H]1CC(N)C2. The maximum Gasteiger partial charge on any atom is 0.211 e. The van der Waals surface area contributed by atoms with E-state index in [1.54, 1.807) is 4.31 Å². The third kappa shape index (κ3) is 1.60. The van der Waals surface area contributed by atoms with Crippen molar-refractivity contribution >= 4 is 10.0 Å². The van der Waals surface area contributed by atoms with Crippen LogP contribution in [0.5, 0.6) is 0 Å². The van der Waals surface area contributed by atoms with Crippen LogP contribution in [0.25, 0.3) is 0 Å². The maximum atomic E-state index is 11.4. The van der Waals surface area contributed by atoms with E-state index < -0.39 is 10.0 Å². The first-order chi connectivity index (χ1) is 5.98. The highest BCUT2D eigenvalue weighted by molar-refractivity contribution is 7.88. The molecule has 13 heavy (non-hydrogen) atoms. The molecular weight excluding hydrogens is 188 g/mol. The van der Waals surface area contributed by atoms with Gasteiger partial charge >= 0.3 is 0 Å². The highest BCUT2D eigenvalue weighted by atomic mass is 32.2. The third-order valence-corrected chi connectivity index (χ3v) is 4.45. The standard InChI is InChI=1S/C8H16N2O2S/c1-13(11,12)10-7-2-3-8(10)5-6(9)4-7/h6-8H,2-5,9H2,1H3/t7-,8-/m0/s1. The Morgan fingerprint density at radius 2 is 1.69 bits per heavy atom. The van der Waals surface area contributed by atoms with Crippen LogP contribution >= 0.6 is 0 Å². The van der Waals surface area contributed by atoms with Crippen LogP contribution in [0, 0.1) is 0 Å². The quantitative estimate of drug-likeness (QED) is 0.648. The Balaban J connectivity index is 2.25.